The molecule has 0 unspecified atom stereocenters. The van der Waals surface area contributed by atoms with Crippen molar-refractivity contribution in [3.05, 3.63) is 147 Å². The Labute approximate surface area is 285 Å². The second-order valence-corrected chi connectivity index (χ2v) is 12.2. The molecule has 0 aliphatic heterocycles. The van der Waals surface area contributed by atoms with Gasteiger partial charge in [-0.3, -0.25) is 39.9 Å². The van der Waals surface area contributed by atoms with Crippen LogP contribution in [0, 0.1) is 0 Å². The number of benzene rings is 6. The second-order valence-electron chi connectivity index (χ2n) is 12.2. The highest BCUT2D eigenvalue weighted by atomic mass is 14.8. The molecule has 8 heteroatoms. The lowest BCUT2D eigenvalue weighted by molar-refractivity contribution is 1.21. The van der Waals surface area contributed by atoms with E-state index in [-0.39, 0.29) is 0 Å². The van der Waals surface area contributed by atoms with E-state index in [0.717, 1.165) is 98.9 Å². The third-order valence-electron chi connectivity index (χ3n) is 9.42. The van der Waals surface area contributed by atoms with Gasteiger partial charge in [-0.15, -0.1) is 0 Å². The van der Waals surface area contributed by atoms with E-state index in [9.17, 15) is 0 Å². The van der Waals surface area contributed by atoms with E-state index in [1.807, 2.05) is 24.8 Å². The van der Waals surface area contributed by atoms with Crippen LogP contribution < -0.4 is 0 Å². The first kappa shape index (κ1) is 28.0. The van der Waals surface area contributed by atoms with Crippen LogP contribution in [0.25, 0.3) is 98.9 Å². The van der Waals surface area contributed by atoms with Gasteiger partial charge in [0, 0.05) is 71.8 Å². The molecule has 0 saturated carbocycles. The number of fused-ring (bicyclic) bond motifs is 11. The maximum absolute atomic E-state index is 4.65. The average molecular weight is 641 g/mol. The van der Waals surface area contributed by atoms with Gasteiger partial charge in [0.25, 0.3) is 0 Å². The van der Waals surface area contributed by atoms with Crippen LogP contribution in [0.4, 0.5) is 0 Å². The quantitative estimate of drug-likeness (QED) is 0.175. The molecule has 0 aliphatic carbocycles. The number of nitrogens with zero attached hydrogens (tertiary/aromatic N) is 8. The van der Waals surface area contributed by atoms with Gasteiger partial charge in [0.15, 0.2) is 0 Å². The van der Waals surface area contributed by atoms with Gasteiger partial charge in [0.05, 0.1) is 47.6 Å². The molecule has 0 radical (unpaired) electrons. The van der Waals surface area contributed by atoms with Crippen molar-refractivity contribution < 1.29 is 0 Å². The van der Waals surface area contributed by atoms with Gasteiger partial charge in [-0.05, 0) is 78.1 Å². The molecule has 4 heterocycles. The highest BCUT2D eigenvalue weighted by Gasteiger charge is 2.19. The molecule has 10 rings (SSSR count). The van der Waals surface area contributed by atoms with Crippen LogP contribution in [-0.2, 0) is 0 Å². The first-order chi connectivity index (χ1) is 24.8. The fourth-order valence-electron chi connectivity index (χ4n) is 7.20. The third-order valence-corrected chi connectivity index (χ3v) is 9.42. The van der Waals surface area contributed by atoms with E-state index in [0.29, 0.717) is 0 Å². The standard InChI is InChI=1S/C42H24N8/c1-5-29-30-6-2-26(38-22-44-10-14-48-38)18-34(30)42-36-20-28(40-24-46-12-16-50-40)4-8-32(36)31-7-3-27(39-23-45-11-15-49-39)19-35(31)41(42)33(29)17-25(1)37-21-43-9-13-47-37/h1-24H. The predicted molar refractivity (Wildman–Crippen MR) is 198 cm³/mol. The zero-order valence-corrected chi connectivity index (χ0v) is 26.4. The highest BCUT2D eigenvalue weighted by Crippen LogP contribution is 2.46. The Balaban J connectivity index is 1.44. The summed E-state index contributed by atoms with van der Waals surface area (Å²) < 4.78 is 0. The fraction of sp³-hybridized carbons (Fsp3) is 0. The van der Waals surface area contributed by atoms with Crippen molar-refractivity contribution in [3.8, 4) is 45.0 Å². The summed E-state index contributed by atoms with van der Waals surface area (Å²) in [7, 11) is 0. The second kappa shape index (κ2) is 11.3. The van der Waals surface area contributed by atoms with Crippen LogP contribution in [0.1, 0.15) is 0 Å². The molecule has 0 saturated heterocycles. The van der Waals surface area contributed by atoms with Crippen LogP contribution >= 0.6 is 0 Å². The minimum atomic E-state index is 0.816. The molecule has 0 amide bonds. The van der Waals surface area contributed by atoms with E-state index in [2.05, 4.69) is 113 Å². The molecule has 10 aromatic rings. The monoisotopic (exact) mass is 640 g/mol. The Morgan fingerprint density at radius 1 is 0.260 bits per heavy atom. The molecule has 0 N–H and O–H groups in total. The predicted octanol–water partition coefficient (Wildman–Crippen LogP) is 9.28. The lowest BCUT2D eigenvalue weighted by Gasteiger charge is -2.19. The van der Waals surface area contributed by atoms with Crippen LogP contribution in [0.15, 0.2) is 147 Å². The molecular weight excluding hydrogens is 617 g/mol. The average Bonchev–Trinajstić information content (AvgIpc) is 3.21. The molecule has 4 aromatic heterocycles. The van der Waals surface area contributed by atoms with Crippen molar-refractivity contribution in [3.63, 3.8) is 0 Å². The molecule has 0 spiro atoms. The lowest BCUT2D eigenvalue weighted by Crippen LogP contribution is -1.93. The van der Waals surface area contributed by atoms with E-state index in [1.165, 1.54) is 0 Å². The molecule has 50 heavy (non-hydrogen) atoms. The number of rotatable bonds is 4. The first-order valence-corrected chi connectivity index (χ1v) is 16.2. The van der Waals surface area contributed by atoms with Gasteiger partial charge in [0.2, 0.25) is 0 Å². The molecule has 0 atom stereocenters. The zero-order chi connectivity index (χ0) is 33.0. The van der Waals surface area contributed by atoms with Gasteiger partial charge in [-0.2, -0.15) is 0 Å². The number of hydrogen-bond acceptors (Lipinski definition) is 8. The Hall–Kier alpha value is -7.06. The minimum absolute atomic E-state index is 0.816. The van der Waals surface area contributed by atoms with E-state index < -0.39 is 0 Å². The van der Waals surface area contributed by atoms with Crippen molar-refractivity contribution in [2.75, 3.05) is 0 Å². The van der Waals surface area contributed by atoms with Crippen LogP contribution in [-0.4, -0.2) is 39.9 Å². The van der Waals surface area contributed by atoms with Crippen LogP contribution in [0.3, 0.4) is 0 Å². The Kier molecular flexibility index (Phi) is 6.32. The minimum Gasteiger partial charge on any atom is -0.261 e. The summed E-state index contributed by atoms with van der Waals surface area (Å²) in [4.78, 5) is 36.1. The summed E-state index contributed by atoms with van der Waals surface area (Å²) in [5.41, 5.74) is 7.24. The molecule has 0 aliphatic rings. The maximum atomic E-state index is 4.65. The summed E-state index contributed by atoms with van der Waals surface area (Å²) in [6.45, 7) is 0. The van der Waals surface area contributed by atoms with Crippen molar-refractivity contribution >= 4 is 53.9 Å². The Bertz CT molecular complexity index is 2500. The molecule has 8 nitrogen and oxygen atoms in total. The van der Waals surface area contributed by atoms with Crippen molar-refractivity contribution in [2.45, 2.75) is 0 Å². The van der Waals surface area contributed by atoms with Crippen LogP contribution in [0.5, 0.6) is 0 Å². The number of aromatic nitrogens is 8. The van der Waals surface area contributed by atoms with Crippen molar-refractivity contribution in [1.82, 2.24) is 39.9 Å². The van der Waals surface area contributed by atoms with Gasteiger partial charge >= 0.3 is 0 Å². The molecule has 6 aromatic carbocycles. The number of hydrogen-bond donors (Lipinski definition) is 0. The molecule has 0 fully saturated rings. The normalized spacial score (nSPS) is 11.6. The molecular formula is C42H24N8. The summed E-state index contributed by atoms with van der Waals surface area (Å²) in [5.74, 6) is 0. The lowest BCUT2D eigenvalue weighted by atomic mass is 9.85. The SMILES string of the molecule is c1cnc(-c2ccc3c4ccc(-c5cnccn5)cc4c4c5cc(-c6cnccn6)ccc5c5ccc(-c6cnccn6)cc5c4c3c2)cn1. The largest absolute Gasteiger partial charge is 0.261 e. The molecule has 0 bridgehead atoms. The van der Waals surface area contributed by atoms with Gasteiger partial charge in [-0.1, -0.05) is 48.5 Å². The van der Waals surface area contributed by atoms with Gasteiger partial charge in [-0.25, -0.2) is 0 Å². The highest BCUT2D eigenvalue weighted by molar-refractivity contribution is 6.40. The van der Waals surface area contributed by atoms with Crippen molar-refractivity contribution in [2.24, 2.45) is 0 Å². The maximum Gasteiger partial charge on any atom is 0.0885 e. The summed E-state index contributed by atoms with van der Waals surface area (Å²) in [5, 5.41) is 11.3. The molecule has 232 valence electrons. The van der Waals surface area contributed by atoms with E-state index >= 15 is 0 Å². The van der Waals surface area contributed by atoms with Crippen LogP contribution in [0.2, 0.25) is 0 Å². The van der Waals surface area contributed by atoms with E-state index in [1.54, 1.807) is 49.6 Å². The van der Waals surface area contributed by atoms with Gasteiger partial charge < -0.3 is 0 Å². The summed E-state index contributed by atoms with van der Waals surface area (Å²) in [6, 6.07) is 26.4. The zero-order valence-electron chi connectivity index (χ0n) is 26.4. The fourth-order valence-corrected chi connectivity index (χ4v) is 7.20. The summed E-state index contributed by atoms with van der Waals surface area (Å²) in [6.07, 6.45) is 21.0. The smallest absolute Gasteiger partial charge is 0.0885 e. The summed E-state index contributed by atoms with van der Waals surface area (Å²) >= 11 is 0. The first-order valence-electron chi connectivity index (χ1n) is 16.2. The topological polar surface area (TPSA) is 103 Å². The van der Waals surface area contributed by atoms with Gasteiger partial charge in [0.1, 0.15) is 0 Å². The van der Waals surface area contributed by atoms with E-state index in [4.69, 9.17) is 0 Å². The Morgan fingerprint density at radius 3 is 0.740 bits per heavy atom. The Morgan fingerprint density at radius 2 is 0.520 bits per heavy atom. The van der Waals surface area contributed by atoms with Crippen molar-refractivity contribution in [1.29, 1.82) is 0 Å². The third kappa shape index (κ3) is 4.47.